The number of methoxy groups -OCH3 is 1. The summed E-state index contributed by atoms with van der Waals surface area (Å²) in [4.78, 5) is 4.10. The molecule has 2 heterocycles. The van der Waals surface area contributed by atoms with Crippen LogP contribution in [0.5, 0.6) is 5.88 Å². The van der Waals surface area contributed by atoms with Crippen LogP contribution in [0.4, 0.5) is 5.69 Å². The highest BCUT2D eigenvalue weighted by Gasteiger charge is 2.00. The lowest BCUT2D eigenvalue weighted by Gasteiger charge is -2.10. The molecule has 0 radical (unpaired) electrons. The van der Waals surface area contributed by atoms with Crippen LogP contribution in [0.2, 0.25) is 0 Å². The molecule has 21 heavy (non-hydrogen) atoms. The zero-order valence-corrected chi connectivity index (χ0v) is 13.3. The summed E-state index contributed by atoms with van der Waals surface area (Å²) in [5.41, 5.74) is 0.830. The minimum absolute atomic E-state index is 0.578. The lowest BCUT2D eigenvalue weighted by atomic mass is 10.4. The van der Waals surface area contributed by atoms with Gasteiger partial charge in [0.25, 0.3) is 0 Å². The third-order valence-corrected chi connectivity index (χ3v) is 3.79. The van der Waals surface area contributed by atoms with Crippen molar-refractivity contribution in [3.05, 3.63) is 42.5 Å². The lowest BCUT2D eigenvalue weighted by molar-refractivity contribution is 0.398. The van der Waals surface area contributed by atoms with E-state index in [9.17, 15) is 0 Å². The van der Waals surface area contributed by atoms with Crippen LogP contribution in [0.25, 0.3) is 0 Å². The molecule has 0 aliphatic heterocycles. The van der Waals surface area contributed by atoms with Crippen molar-refractivity contribution in [2.45, 2.75) is 5.75 Å². The van der Waals surface area contributed by atoms with Gasteiger partial charge in [-0.3, -0.25) is 0 Å². The highest BCUT2D eigenvalue weighted by atomic mass is 32.2. The first kappa shape index (κ1) is 15.7. The number of aromatic nitrogens is 1. The Kier molecular flexibility index (Phi) is 6.36. The summed E-state index contributed by atoms with van der Waals surface area (Å²) in [5.74, 6) is 3.39. The third-order valence-electron chi connectivity index (χ3n) is 2.56. The normalized spacial score (nSPS) is 10.1. The Morgan fingerprint density at radius 1 is 1.43 bits per heavy atom. The average molecular weight is 323 g/mol. The summed E-state index contributed by atoms with van der Waals surface area (Å²) in [6, 6.07) is 7.52. The Morgan fingerprint density at radius 3 is 3.00 bits per heavy atom. The molecule has 5 nitrogen and oxygen atoms in total. The maximum absolute atomic E-state index is 5.26. The van der Waals surface area contributed by atoms with Gasteiger partial charge >= 0.3 is 0 Å². The van der Waals surface area contributed by atoms with Gasteiger partial charge in [-0.05, 0) is 30.4 Å². The van der Waals surface area contributed by atoms with Gasteiger partial charge in [-0.25, -0.2) is 4.98 Å². The van der Waals surface area contributed by atoms with Crippen LogP contribution in [-0.4, -0.2) is 29.5 Å². The van der Waals surface area contributed by atoms with E-state index >= 15 is 0 Å². The van der Waals surface area contributed by atoms with Crippen molar-refractivity contribution >= 4 is 34.8 Å². The van der Waals surface area contributed by atoms with Gasteiger partial charge < -0.3 is 19.8 Å². The van der Waals surface area contributed by atoms with Gasteiger partial charge in [-0.1, -0.05) is 0 Å². The van der Waals surface area contributed by atoms with Gasteiger partial charge in [0, 0.05) is 18.4 Å². The minimum Gasteiger partial charge on any atom is -0.481 e. The van der Waals surface area contributed by atoms with Crippen molar-refractivity contribution in [2.24, 2.45) is 0 Å². The highest BCUT2D eigenvalue weighted by Crippen LogP contribution is 2.12. The summed E-state index contributed by atoms with van der Waals surface area (Å²) in [7, 11) is 1.59. The quantitative estimate of drug-likeness (QED) is 0.600. The number of hydrogen-bond acceptors (Lipinski definition) is 5. The lowest BCUT2D eigenvalue weighted by Crippen LogP contribution is -2.30. The molecule has 0 aliphatic rings. The number of thioether (sulfide) groups is 1. The van der Waals surface area contributed by atoms with Gasteiger partial charge in [0.15, 0.2) is 5.11 Å². The first-order chi connectivity index (χ1) is 10.3. The van der Waals surface area contributed by atoms with Crippen molar-refractivity contribution < 1.29 is 9.15 Å². The van der Waals surface area contributed by atoms with E-state index in [0.29, 0.717) is 11.0 Å². The zero-order valence-electron chi connectivity index (χ0n) is 11.7. The Morgan fingerprint density at radius 2 is 2.33 bits per heavy atom. The van der Waals surface area contributed by atoms with Crippen molar-refractivity contribution in [1.82, 2.24) is 10.3 Å². The van der Waals surface area contributed by atoms with E-state index < -0.39 is 0 Å². The van der Waals surface area contributed by atoms with Crippen LogP contribution in [0.3, 0.4) is 0 Å². The molecule has 0 saturated heterocycles. The molecule has 0 amide bonds. The van der Waals surface area contributed by atoms with Crippen LogP contribution in [0.15, 0.2) is 41.1 Å². The number of nitrogens with zero attached hydrogens (tertiary/aromatic N) is 1. The molecule has 2 rings (SSSR count). The molecule has 7 heteroatoms. The smallest absolute Gasteiger partial charge is 0.213 e. The summed E-state index contributed by atoms with van der Waals surface area (Å²) >= 11 is 7.01. The number of ether oxygens (including phenoxy) is 1. The monoisotopic (exact) mass is 323 g/mol. The predicted octanol–water partition coefficient (Wildman–Crippen LogP) is 2.90. The van der Waals surface area contributed by atoms with Crippen molar-refractivity contribution in [3.8, 4) is 5.88 Å². The number of anilines is 1. The van der Waals surface area contributed by atoms with Crippen LogP contribution in [0.1, 0.15) is 5.76 Å². The predicted molar refractivity (Wildman–Crippen MR) is 89.9 cm³/mol. The second-order valence-electron chi connectivity index (χ2n) is 4.10. The molecule has 0 saturated carbocycles. The number of pyridine rings is 1. The molecule has 2 aromatic heterocycles. The molecule has 0 atom stereocenters. The molecule has 0 aromatic carbocycles. The number of thiocarbonyl (C=S) groups is 1. The van der Waals surface area contributed by atoms with E-state index in [1.807, 2.05) is 18.2 Å². The Balaban J connectivity index is 1.60. The van der Waals surface area contributed by atoms with Crippen molar-refractivity contribution in [1.29, 1.82) is 0 Å². The number of furan rings is 1. The first-order valence-corrected chi connectivity index (χ1v) is 7.99. The molecule has 112 valence electrons. The SMILES string of the molecule is COc1ccc(NC(=S)NCCSCc2ccco2)cn1. The maximum Gasteiger partial charge on any atom is 0.213 e. The standard InChI is InChI=1S/C14H17N3O2S2/c1-18-13-5-4-11(9-16-13)17-14(20)15-6-8-21-10-12-3-2-7-19-12/h2-5,7,9H,6,8,10H2,1H3,(H2,15,17,20). The molecule has 0 aliphatic carbocycles. The number of nitrogens with one attached hydrogen (secondary N) is 2. The van der Waals surface area contributed by atoms with E-state index in [0.717, 1.165) is 29.5 Å². The van der Waals surface area contributed by atoms with Gasteiger partial charge in [0.2, 0.25) is 5.88 Å². The fourth-order valence-corrected chi connectivity index (χ4v) is 2.53. The van der Waals surface area contributed by atoms with E-state index in [2.05, 4.69) is 15.6 Å². The second kappa shape index (κ2) is 8.53. The average Bonchev–Trinajstić information content (AvgIpc) is 3.01. The van der Waals surface area contributed by atoms with Crippen LogP contribution in [-0.2, 0) is 5.75 Å². The minimum atomic E-state index is 0.578. The zero-order chi connectivity index (χ0) is 14.9. The molecule has 2 N–H and O–H groups in total. The summed E-state index contributed by atoms with van der Waals surface area (Å²) in [6.45, 7) is 0.792. The number of rotatable bonds is 7. The fourth-order valence-electron chi connectivity index (χ4n) is 1.55. The summed E-state index contributed by atoms with van der Waals surface area (Å²) in [5, 5.41) is 6.81. The van der Waals surface area contributed by atoms with Crippen LogP contribution in [0, 0.1) is 0 Å². The van der Waals surface area contributed by atoms with Crippen molar-refractivity contribution in [3.63, 3.8) is 0 Å². The molecule has 0 fully saturated rings. The molecule has 0 unspecified atom stereocenters. The van der Waals surface area contributed by atoms with Crippen LogP contribution < -0.4 is 15.4 Å². The van der Waals surface area contributed by atoms with Crippen molar-refractivity contribution in [2.75, 3.05) is 24.7 Å². The first-order valence-electron chi connectivity index (χ1n) is 6.43. The third kappa shape index (κ3) is 5.65. The van der Waals surface area contributed by atoms with Crippen LogP contribution >= 0.6 is 24.0 Å². The Hall–Kier alpha value is -1.73. The van der Waals surface area contributed by atoms with Gasteiger partial charge in [0.05, 0.1) is 31.0 Å². The van der Waals surface area contributed by atoms with Gasteiger partial charge in [-0.15, -0.1) is 0 Å². The summed E-state index contributed by atoms with van der Waals surface area (Å²) in [6.07, 6.45) is 3.37. The summed E-state index contributed by atoms with van der Waals surface area (Å²) < 4.78 is 10.3. The molecule has 0 spiro atoms. The van der Waals surface area contributed by atoms with E-state index in [4.69, 9.17) is 21.4 Å². The molecule has 2 aromatic rings. The number of hydrogen-bond donors (Lipinski definition) is 2. The Bertz CT molecular complexity index is 544. The molecular formula is C14H17N3O2S2. The van der Waals surface area contributed by atoms with Gasteiger partial charge in [-0.2, -0.15) is 11.8 Å². The maximum atomic E-state index is 5.26. The van der Waals surface area contributed by atoms with Gasteiger partial charge in [0.1, 0.15) is 5.76 Å². The van der Waals surface area contributed by atoms with E-state index in [1.165, 1.54) is 0 Å². The second-order valence-corrected chi connectivity index (χ2v) is 5.62. The Labute approximate surface area is 133 Å². The largest absolute Gasteiger partial charge is 0.481 e. The fraction of sp³-hybridized carbons (Fsp3) is 0.286. The molecule has 0 bridgehead atoms. The van der Waals surface area contributed by atoms with E-state index in [1.54, 1.807) is 37.4 Å². The molecular weight excluding hydrogens is 306 g/mol. The highest BCUT2D eigenvalue weighted by molar-refractivity contribution is 7.98. The topological polar surface area (TPSA) is 59.3 Å². The van der Waals surface area contributed by atoms with E-state index in [-0.39, 0.29) is 0 Å².